The van der Waals surface area contributed by atoms with E-state index in [1.165, 1.54) is 18.2 Å². The summed E-state index contributed by atoms with van der Waals surface area (Å²) in [6, 6.07) is 14.5. The third-order valence-corrected chi connectivity index (χ3v) is 2.60. The van der Waals surface area contributed by atoms with Crippen LogP contribution in [0.2, 0.25) is 0 Å². The first kappa shape index (κ1) is 12.8. The summed E-state index contributed by atoms with van der Waals surface area (Å²) in [7, 11) is 0. The normalized spacial score (nSPS) is 9.68. The molecule has 0 fully saturated rings. The highest BCUT2D eigenvalue weighted by Crippen LogP contribution is 2.06. The van der Waals surface area contributed by atoms with Crippen molar-refractivity contribution >= 4 is 5.91 Å². The van der Waals surface area contributed by atoms with Gasteiger partial charge in [-0.1, -0.05) is 18.2 Å². The highest BCUT2D eigenvalue weighted by atomic mass is 19.1. The molecule has 2 rings (SSSR count). The van der Waals surface area contributed by atoms with Gasteiger partial charge in [-0.2, -0.15) is 5.26 Å². The Balaban J connectivity index is 2.02. The van der Waals surface area contributed by atoms with Crippen molar-refractivity contribution in [1.82, 2.24) is 5.32 Å². The molecule has 0 aliphatic rings. The number of hydrogen-bond acceptors (Lipinski definition) is 2. The van der Waals surface area contributed by atoms with Crippen LogP contribution in [-0.4, -0.2) is 5.91 Å². The molecule has 0 radical (unpaired) electrons. The van der Waals surface area contributed by atoms with Crippen LogP contribution < -0.4 is 5.32 Å². The van der Waals surface area contributed by atoms with Gasteiger partial charge >= 0.3 is 0 Å². The summed E-state index contributed by atoms with van der Waals surface area (Å²) < 4.78 is 13.0. The predicted molar refractivity (Wildman–Crippen MR) is 68.7 cm³/mol. The van der Waals surface area contributed by atoms with Crippen molar-refractivity contribution in [2.75, 3.05) is 0 Å². The lowest BCUT2D eigenvalue weighted by Crippen LogP contribution is -2.22. The summed E-state index contributed by atoms with van der Waals surface area (Å²) in [4.78, 5) is 11.8. The average molecular weight is 254 g/mol. The van der Waals surface area contributed by atoms with Crippen molar-refractivity contribution in [1.29, 1.82) is 5.26 Å². The van der Waals surface area contributed by atoms with Crippen LogP contribution in [0.15, 0.2) is 48.5 Å². The molecule has 19 heavy (non-hydrogen) atoms. The maximum absolute atomic E-state index is 13.0. The van der Waals surface area contributed by atoms with E-state index in [0.717, 1.165) is 5.56 Å². The molecule has 1 amide bonds. The Morgan fingerprint density at radius 2 is 2.00 bits per heavy atom. The molecule has 0 heterocycles. The molecule has 0 saturated carbocycles. The molecule has 2 aromatic rings. The van der Waals surface area contributed by atoms with E-state index in [1.807, 2.05) is 12.1 Å². The zero-order chi connectivity index (χ0) is 13.7. The summed E-state index contributed by atoms with van der Waals surface area (Å²) in [5.41, 5.74) is 1.64. The fourth-order valence-electron chi connectivity index (χ4n) is 1.66. The Morgan fingerprint density at radius 3 is 2.74 bits per heavy atom. The number of rotatable bonds is 3. The van der Waals surface area contributed by atoms with Crippen molar-refractivity contribution in [3.8, 4) is 6.07 Å². The van der Waals surface area contributed by atoms with Crippen molar-refractivity contribution in [2.24, 2.45) is 0 Å². The summed E-state index contributed by atoms with van der Waals surface area (Å²) in [5, 5.41) is 11.4. The third kappa shape index (κ3) is 3.39. The number of carbonyl (C=O) groups excluding carboxylic acids is 1. The zero-order valence-electron chi connectivity index (χ0n) is 10.1. The molecule has 0 bridgehead atoms. The number of benzene rings is 2. The van der Waals surface area contributed by atoms with Crippen LogP contribution in [0.4, 0.5) is 4.39 Å². The first-order valence-corrected chi connectivity index (χ1v) is 5.72. The molecule has 0 aromatic heterocycles. The first-order valence-electron chi connectivity index (χ1n) is 5.72. The summed E-state index contributed by atoms with van der Waals surface area (Å²) in [5.74, 6) is -0.791. The van der Waals surface area contributed by atoms with Crippen LogP contribution in [0.25, 0.3) is 0 Å². The second-order valence-corrected chi connectivity index (χ2v) is 4.01. The van der Waals surface area contributed by atoms with E-state index in [2.05, 4.69) is 5.32 Å². The van der Waals surface area contributed by atoms with E-state index in [1.54, 1.807) is 24.3 Å². The molecule has 3 nitrogen and oxygen atoms in total. The standard InChI is InChI=1S/C15H11FN2O/c16-14-6-2-5-13(8-14)15(19)18-10-12-4-1-3-11(7-12)9-17/h1-8H,10H2,(H,18,19). The van der Waals surface area contributed by atoms with Gasteiger partial charge in [0.1, 0.15) is 5.82 Å². The Morgan fingerprint density at radius 1 is 1.21 bits per heavy atom. The van der Waals surface area contributed by atoms with Gasteiger partial charge in [-0.15, -0.1) is 0 Å². The van der Waals surface area contributed by atoms with Gasteiger partial charge in [-0.3, -0.25) is 4.79 Å². The quantitative estimate of drug-likeness (QED) is 0.915. The number of carbonyl (C=O) groups is 1. The second-order valence-electron chi connectivity index (χ2n) is 4.01. The van der Waals surface area contributed by atoms with Crippen LogP contribution in [0.3, 0.4) is 0 Å². The number of nitriles is 1. The fraction of sp³-hybridized carbons (Fsp3) is 0.0667. The molecule has 0 spiro atoms. The van der Waals surface area contributed by atoms with Gasteiger partial charge in [0, 0.05) is 12.1 Å². The third-order valence-electron chi connectivity index (χ3n) is 2.60. The monoisotopic (exact) mass is 254 g/mol. The van der Waals surface area contributed by atoms with E-state index in [9.17, 15) is 9.18 Å². The molecule has 1 N–H and O–H groups in total. The molecule has 0 aliphatic heterocycles. The van der Waals surface area contributed by atoms with Gasteiger partial charge in [0.05, 0.1) is 11.6 Å². The lowest BCUT2D eigenvalue weighted by molar-refractivity contribution is 0.0950. The van der Waals surface area contributed by atoms with E-state index in [4.69, 9.17) is 5.26 Å². The minimum Gasteiger partial charge on any atom is -0.348 e. The van der Waals surface area contributed by atoms with Gasteiger partial charge in [0.15, 0.2) is 0 Å². The summed E-state index contributed by atoms with van der Waals surface area (Å²) in [6.45, 7) is 0.296. The molecular formula is C15H11FN2O. The highest BCUT2D eigenvalue weighted by Gasteiger charge is 2.06. The number of nitrogens with one attached hydrogen (secondary N) is 1. The molecular weight excluding hydrogens is 243 g/mol. The van der Waals surface area contributed by atoms with Crippen molar-refractivity contribution < 1.29 is 9.18 Å². The lowest BCUT2D eigenvalue weighted by Gasteiger charge is -2.05. The smallest absolute Gasteiger partial charge is 0.251 e. The molecule has 0 saturated heterocycles. The summed E-state index contributed by atoms with van der Waals surface area (Å²) in [6.07, 6.45) is 0. The van der Waals surface area contributed by atoms with Gasteiger partial charge < -0.3 is 5.32 Å². The number of nitrogens with zero attached hydrogens (tertiary/aromatic N) is 1. The van der Waals surface area contributed by atoms with Crippen LogP contribution in [0.5, 0.6) is 0 Å². The number of halogens is 1. The number of amides is 1. The maximum Gasteiger partial charge on any atom is 0.251 e. The van der Waals surface area contributed by atoms with Crippen LogP contribution >= 0.6 is 0 Å². The minimum atomic E-state index is -0.445. The Kier molecular flexibility index (Phi) is 3.89. The zero-order valence-corrected chi connectivity index (χ0v) is 10.1. The van der Waals surface area contributed by atoms with Crippen molar-refractivity contribution in [3.63, 3.8) is 0 Å². The largest absolute Gasteiger partial charge is 0.348 e. The average Bonchev–Trinajstić information content (AvgIpc) is 2.45. The van der Waals surface area contributed by atoms with Gasteiger partial charge in [-0.05, 0) is 35.9 Å². The molecule has 0 atom stereocenters. The molecule has 2 aromatic carbocycles. The minimum absolute atomic E-state index is 0.274. The second kappa shape index (κ2) is 5.78. The molecule has 0 unspecified atom stereocenters. The van der Waals surface area contributed by atoms with E-state index < -0.39 is 5.82 Å². The SMILES string of the molecule is N#Cc1cccc(CNC(=O)c2cccc(F)c2)c1. The summed E-state index contributed by atoms with van der Waals surface area (Å²) >= 11 is 0. The highest BCUT2D eigenvalue weighted by molar-refractivity contribution is 5.94. The lowest BCUT2D eigenvalue weighted by atomic mass is 10.1. The molecule has 94 valence electrons. The van der Waals surface area contributed by atoms with Gasteiger partial charge in [0.2, 0.25) is 0 Å². The predicted octanol–water partition coefficient (Wildman–Crippen LogP) is 2.63. The maximum atomic E-state index is 13.0. The van der Waals surface area contributed by atoms with Crippen molar-refractivity contribution in [3.05, 3.63) is 71.0 Å². The van der Waals surface area contributed by atoms with Gasteiger partial charge in [0.25, 0.3) is 5.91 Å². The van der Waals surface area contributed by atoms with E-state index >= 15 is 0 Å². The first-order chi connectivity index (χ1) is 9.19. The topological polar surface area (TPSA) is 52.9 Å². The Hall–Kier alpha value is -2.67. The molecule has 4 heteroatoms. The fourth-order valence-corrected chi connectivity index (χ4v) is 1.66. The van der Waals surface area contributed by atoms with Crippen LogP contribution in [0.1, 0.15) is 21.5 Å². The number of hydrogen-bond donors (Lipinski definition) is 1. The van der Waals surface area contributed by atoms with Crippen LogP contribution in [-0.2, 0) is 6.54 Å². The van der Waals surface area contributed by atoms with E-state index in [0.29, 0.717) is 12.1 Å². The van der Waals surface area contributed by atoms with Crippen LogP contribution in [0, 0.1) is 17.1 Å². The Labute approximate surface area is 110 Å². The Bertz CT molecular complexity index is 647. The van der Waals surface area contributed by atoms with Gasteiger partial charge in [-0.25, -0.2) is 4.39 Å². The molecule has 0 aliphatic carbocycles. The van der Waals surface area contributed by atoms with Crippen molar-refractivity contribution in [2.45, 2.75) is 6.54 Å². The van der Waals surface area contributed by atoms with E-state index in [-0.39, 0.29) is 11.5 Å².